The molecular weight excluding hydrogens is 344 g/mol. The number of hydrogen-bond acceptors (Lipinski definition) is 3. The van der Waals surface area contributed by atoms with E-state index in [0.29, 0.717) is 10.7 Å². The summed E-state index contributed by atoms with van der Waals surface area (Å²) in [7, 11) is 0. The summed E-state index contributed by atoms with van der Waals surface area (Å²) in [5.74, 6) is -0.280. The van der Waals surface area contributed by atoms with E-state index in [4.69, 9.17) is 11.6 Å². The fraction of sp³-hybridized carbons (Fsp3) is 0.222. The first kappa shape index (κ1) is 15.5. The molecule has 4 rings (SSSR count). The standard InChI is InChI=1S/C18H15ClN2O2S/c1-10-6-7-15-14(8-10)18(17(23)20-15)21(16(22)11(2)24-18)13-5-3-4-12(19)9-13/h3-9,11H,1-2H3,(H,20,23). The Kier molecular flexibility index (Phi) is 3.41. The number of carbonyl (C=O) groups excluding carboxylic acids is 2. The van der Waals surface area contributed by atoms with Crippen LogP contribution >= 0.6 is 23.4 Å². The zero-order valence-corrected chi connectivity index (χ0v) is 14.7. The van der Waals surface area contributed by atoms with Gasteiger partial charge in [0, 0.05) is 22.0 Å². The number of nitrogens with zero attached hydrogens (tertiary/aromatic N) is 1. The number of nitrogens with one attached hydrogen (secondary N) is 1. The van der Waals surface area contributed by atoms with Gasteiger partial charge in [-0.15, -0.1) is 11.8 Å². The molecule has 1 spiro atoms. The van der Waals surface area contributed by atoms with Crippen LogP contribution in [0.1, 0.15) is 18.1 Å². The number of hydrogen-bond donors (Lipinski definition) is 1. The number of amides is 2. The van der Waals surface area contributed by atoms with Gasteiger partial charge in [-0.3, -0.25) is 14.5 Å². The highest BCUT2D eigenvalue weighted by molar-refractivity contribution is 8.03. The quantitative estimate of drug-likeness (QED) is 0.840. The number of carbonyl (C=O) groups is 2. The molecule has 0 aliphatic carbocycles. The maximum absolute atomic E-state index is 13.0. The Balaban J connectivity index is 1.97. The maximum atomic E-state index is 13.0. The van der Waals surface area contributed by atoms with Crippen LogP contribution in [0.5, 0.6) is 0 Å². The van der Waals surface area contributed by atoms with E-state index in [-0.39, 0.29) is 17.1 Å². The van der Waals surface area contributed by atoms with Gasteiger partial charge in [-0.25, -0.2) is 0 Å². The Morgan fingerprint density at radius 2 is 2.00 bits per heavy atom. The van der Waals surface area contributed by atoms with E-state index < -0.39 is 4.87 Å². The zero-order chi connectivity index (χ0) is 17.1. The van der Waals surface area contributed by atoms with Crippen LogP contribution in [-0.2, 0) is 14.5 Å². The molecule has 2 heterocycles. The number of fused-ring (bicyclic) bond motifs is 2. The largest absolute Gasteiger partial charge is 0.323 e. The molecule has 24 heavy (non-hydrogen) atoms. The monoisotopic (exact) mass is 358 g/mol. The Labute approximate surface area is 149 Å². The van der Waals surface area contributed by atoms with Gasteiger partial charge in [-0.1, -0.05) is 35.4 Å². The van der Waals surface area contributed by atoms with Crippen LogP contribution in [0.3, 0.4) is 0 Å². The van der Waals surface area contributed by atoms with Crippen molar-refractivity contribution in [2.45, 2.75) is 24.0 Å². The van der Waals surface area contributed by atoms with Gasteiger partial charge in [0.2, 0.25) is 10.8 Å². The Hall–Kier alpha value is -1.98. The highest BCUT2D eigenvalue weighted by Gasteiger charge is 2.60. The molecule has 0 radical (unpaired) electrons. The third-order valence-electron chi connectivity index (χ3n) is 4.39. The van der Waals surface area contributed by atoms with Crippen molar-refractivity contribution < 1.29 is 9.59 Å². The molecule has 2 aliphatic heterocycles. The van der Waals surface area contributed by atoms with Crippen molar-refractivity contribution in [1.29, 1.82) is 0 Å². The van der Waals surface area contributed by atoms with Crippen molar-refractivity contribution in [3.05, 3.63) is 58.6 Å². The molecule has 2 atom stereocenters. The first-order valence-corrected chi connectivity index (χ1v) is 8.89. The van der Waals surface area contributed by atoms with Crippen molar-refractivity contribution in [3.63, 3.8) is 0 Å². The fourth-order valence-corrected chi connectivity index (χ4v) is 4.99. The van der Waals surface area contributed by atoms with Crippen molar-refractivity contribution >= 4 is 46.6 Å². The smallest absolute Gasteiger partial charge is 0.266 e. The van der Waals surface area contributed by atoms with E-state index in [2.05, 4.69) is 5.32 Å². The maximum Gasteiger partial charge on any atom is 0.266 e. The van der Waals surface area contributed by atoms with E-state index in [9.17, 15) is 9.59 Å². The highest BCUT2D eigenvalue weighted by Crippen LogP contribution is 2.56. The molecule has 0 aromatic heterocycles. The van der Waals surface area contributed by atoms with Crippen LogP contribution in [-0.4, -0.2) is 17.1 Å². The molecule has 2 aromatic rings. The van der Waals surface area contributed by atoms with Crippen molar-refractivity contribution in [3.8, 4) is 0 Å². The van der Waals surface area contributed by atoms with Crippen LogP contribution in [0.25, 0.3) is 0 Å². The van der Waals surface area contributed by atoms with E-state index in [0.717, 1.165) is 16.8 Å². The molecule has 122 valence electrons. The molecule has 6 heteroatoms. The average molecular weight is 359 g/mol. The summed E-state index contributed by atoms with van der Waals surface area (Å²) < 4.78 is 0. The molecular formula is C18H15ClN2O2S. The summed E-state index contributed by atoms with van der Waals surface area (Å²) >= 11 is 7.49. The molecule has 2 aromatic carbocycles. The number of halogens is 1. The van der Waals surface area contributed by atoms with Gasteiger partial charge in [-0.05, 0) is 38.1 Å². The van der Waals surface area contributed by atoms with E-state index in [1.807, 2.05) is 38.1 Å². The van der Waals surface area contributed by atoms with E-state index in [1.165, 1.54) is 11.8 Å². The van der Waals surface area contributed by atoms with Crippen LogP contribution in [0.4, 0.5) is 11.4 Å². The second-order valence-electron chi connectivity index (χ2n) is 6.06. The summed E-state index contributed by atoms with van der Waals surface area (Å²) in [6.07, 6.45) is 0. The molecule has 4 nitrogen and oxygen atoms in total. The van der Waals surface area contributed by atoms with E-state index >= 15 is 0 Å². The van der Waals surface area contributed by atoms with Crippen LogP contribution < -0.4 is 10.2 Å². The van der Waals surface area contributed by atoms with Gasteiger partial charge >= 0.3 is 0 Å². The first-order valence-electron chi connectivity index (χ1n) is 7.63. The summed E-state index contributed by atoms with van der Waals surface area (Å²) in [4.78, 5) is 26.4. The van der Waals surface area contributed by atoms with Gasteiger partial charge in [0.05, 0.1) is 5.25 Å². The first-order chi connectivity index (χ1) is 11.4. The lowest BCUT2D eigenvalue weighted by Gasteiger charge is -2.32. The third kappa shape index (κ3) is 2.01. The summed E-state index contributed by atoms with van der Waals surface area (Å²) in [6, 6.07) is 12.9. The van der Waals surface area contributed by atoms with Crippen molar-refractivity contribution in [2.75, 3.05) is 10.2 Å². The summed E-state index contributed by atoms with van der Waals surface area (Å²) in [5, 5.41) is 3.14. The summed E-state index contributed by atoms with van der Waals surface area (Å²) in [5.41, 5.74) is 3.26. The SMILES string of the molecule is Cc1ccc2c(c1)C1(SC(C)C(=O)N1c1cccc(Cl)c1)C(=O)N2. The lowest BCUT2D eigenvalue weighted by Crippen LogP contribution is -2.47. The highest BCUT2D eigenvalue weighted by atomic mass is 35.5. The second kappa shape index (κ2) is 5.26. The Morgan fingerprint density at radius 1 is 1.21 bits per heavy atom. The number of thioether (sulfide) groups is 1. The Bertz CT molecular complexity index is 885. The zero-order valence-electron chi connectivity index (χ0n) is 13.2. The molecule has 0 saturated carbocycles. The minimum atomic E-state index is -1.08. The topological polar surface area (TPSA) is 49.4 Å². The minimum absolute atomic E-state index is 0.0910. The third-order valence-corrected chi connectivity index (χ3v) is 6.11. The predicted octanol–water partition coefficient (Wildman–Crippen LogP) is 3.92. The van der Waals surface area contributed by atoms with E-state index in [1.54, 1.807) is 23.1 Å². The van der Waals surface area contributed by atoms with Crippen molar-refractivity contribution in [2.24, 2.45) is 0 Å². The Morgan fingerprint density at radius 3 is 2.75 bits per heavy atom. The van der Waals surface area contributed by atoms with Gasteiger partial charge in [-0.2, -0.15) is 0 Å². The van der Waals surface area contributed by atoms with Gasteiger partial charge in [0.25, 0.3) is 5.91 Å². The molecule has 1 fully saturated rings. The van der Waals surface area contributed by atoms with Gasteiger partial charge in [0.1, 0.15) is 0 Å². The van der Waals surface area contributed by atoms with Gasteiger partial charge < -0.3 is 5.32 Å². The molecule has 1 N–H and O–H groups in total. The lowest BCUT2D eigenvalue weighted by atomic mass is 10.0. The number of rotatable bonds is 1. The summed E-state index contributed by atoms with van der Waals surface area (Å²) in [6.45, 7) is 3.81. The van der Waals surface area contributed by atoms with Crippen LogP contribution in [0, 0.1) is 6.92 Å². The number of benzene rings is 2. The van der Waals surface area contributed by atoms with Crippen LogP contribution in [0.15, 0.2) is 42.5 Å². The fourth-order valence-electron chi connectivity index (χ4n) is 3.34. The average Bonchev–Trinajstić information content (AvgIpc) is 2.96. The molecule has 2 aliphatic rings. The second-order valence-corrected chi connectivity index (χ2v) is 8.03. The lowest BCUT2D eigenvalue weighted by molar-refractivity contribution is -0.122. The molecule has 2 amide bonds. The molecule has 0 bridgehead atoms. The number of aryl methyl sites for hydroxylation is 1. The van der Waals surface area contributed by atoms with Crippen LogP contribution in [0.2, 0.25) is 5.02 Å². The number of anilines is 2. The van der Waals surface area contributed by atoms with Crippen molar-refractivity contribution in [1.82, 2.24) is 0 Å². The normalized spacial score (nSPS) is 25.3. The predicted molar refractivity (Wildman–Crippen MR) is 97.5 cm³/mol. The molecule has 2 unspecified atom stereocenters. The molecule has 1 saturated heterocycles. The minimum Gasteiger partial charge on any atom is -0.323 e. The van der Waals surface area contributed by atoms with Gasteiger partial charge in [0.15, 0.2) is 0 Å².